The molecule has 4 nitrogen and oxygen atoms in total. The normalized spacial score (nSPS) is 11.6. The van der Waals surface area contributed by atoms with E-state index in [2.05, 4.69) is 115 Å². The number of nitrogens with zero attached hydrogens (tertiary/aromatic N) is 3. The van der Waals surface area contributed by atoms with Gasteiger partial charge >= 0.3 is 0 Å². The number of thiophene rings is 1. The van der Waals surface area contributed by atoms with Gasteiger partial charge in [0.25, 0.3) is 0 Å². The van der Waals surface area contributed by atoms with E-state index in [1.807, 2.05) is 59.9 Å². The molecule has 3 aromatic heterocycles. The lowest BCUT2D eigenvalue weighted by Gasteiger charge is -2.11. The third kappa shape index (κ3) is 4.87. The molecule has 3 heterocycles. The molecule has 0 aliphatic rings. The lowest BCUT2D eigenvalue weighted by molar-refractivity contribution is 0.670. The first kappa shape index (κ1) is 28.6. The maximum Gasteiger partial charge on any atom is 0.164 e. The van der Waals surface area contributed by atoms with Gasteiger partial charge in [-0.15, -0.1) is 11.3 Å². The molecule has 0 saturated heterocycles. The standard InChI is InChI=1S/C45H27N3OS/c1-3-12-28(13-4-1)30-16-11-17-32(24-30)44-46-43(29-14-5-2-6-15-29)47-45(48-44)33-25-37(42-38(26-33)34-18-7-9-20-39(34)49-42)31-22-23-36-35-19-8-10-21-40(35)50-41(36)27-31/h1-27H. The molecule has 10 rings (SSSR count). The van der Waals surface area contributed by atoms with Gasteiger partial charge in [-0.25, -0.2) is 15.0 Å². The second-order valence-electron chi connectivity index (χ2n) is 12.4. The Morgan fingerprint density at radius 3 is 1.80 bits per heavy atom. The summed E-state index contributed by atoms with van der Waals surface area (Å²) in [6.07, 6.45) is 0. The molecule has 0 aliphatic heterocycles. The number of hydrogen-bond acceptors (Lipinski definition) is 5. The minimum atomic E-state index is 0.607. The summed E-state index contributed by atoms with van der Waals surface area (Å²) in [4.78, 5) is 15.3. The Morgan fingerprint density at radius 2 is 0.980 bits per heavy atom. The Hall–Kier alpha value is -6.43. The Bertz CT molecular complexity index is 2870. The van der Waals surface area contributed by atoms with Crippen molar-refractivity contribution >= 4 is 53.4 Å². The van der Waals surface area contributed by atoms with E-state index >= 15 is 0 Å². The van der Waals surface area contributed by atoms with E-state index in [-0.39, 0.29) is 0 Å². The monoisotopic (exact) mass is 657 g/mol. The maximum atomic E-state index is 6.59. The fourth-order valence-corrected chi connectivity index (χ4v) is 8.03. The van der Waals surface area contributed by atoms with Crippen molar-refractivity contribution in [1.82, 2.24) is 15.0 Å². The molecule has 7 aromatic carbocycles. The van der Waals surface area contributed by atoms with Gasteiger partial charge in [-0.05, 0) is 53.1 Å². The van der Waals surface area contributed by atoms with Crippen molar-refractivity contribution in [3.63, 3.8) is 0 Å². The lowest BCUT2D eigenvalue weighted by atomic mass is 9.97. The first-order valence-corrected chi connectivity index (χ1v) is 17.4. The molecule has 0 aliphatic carbocycles. The SMILES string of the molecule is c1ccc(-c2cccc(-c3nc(-c4ccccc4)nc(-c4cc(-c5ccc6c(c5)sc5ccccc56)c5oc6ccccc6c5c4)n3)c2)cc1. The average Bonchev–Trinajstić information content (AvgIpc) is 3.76. The summed E-state index contributed by atoms with van der Waals surface area (Å²) in [5.74, 6) is 1.86. The van der Waals surface area contributed by atoms with Crippen molar-refractivity contribution < 1.29 is 4.42 Å². The van der Waals surface area contributed by atoms with Crippen LogP contribution < -0.4 is 0 Å². The molecule has 0 spiro atoms. The quantitative estimate of drug-likeness (QED) is 0.185. The van der Waals surface area contributed by atoms with E-state index in [1.165, 1.54) is 20.2 Å². The largest absolute Gasteiger partial charge is 0.455 e. The fourth-order valence-electron chi connectivity index (χ4n) is 6.88. The molecule has 10 aromatic rings. The molecule has 0 radical (unpaired) electrons. The van der Waals surface area contributed by atoms with Crippen LogP contribution in [0.25, 0.3) is 98.5 Å². The zero-order chi connectivity index (χ0) is 33.0. The first-order valence-electron chi connectivity index (χ1n) is 16.6. The van der Waals surface area contributed by atoms with E-state index < -0.39 is 0 Å². The molecule has 234 valence electrons. The minimum absolute atomic E-state index is 0.607. The molecule has 0 unspecified atom stereocenters. The van der Waals surface area contributed by atoms with Crippen LogP contribution in [0.3, 0.4) is 0 Å². The van der Waals surface area contributed by atoms with E-state index in [4.69, 9.17) is 19.4 Å². The van der Waals surface area contributed by atoms with Gasteiger partial charge in [-0.3, -0.25) is 0 Å². The van der Waals surface area contributed by atoms with Gasteiger partial charge in [0.1, 0.15) is 11.2 Å². The Balaban J connectivity index is 1.21. The first-order chi connectivity index (χ1) is 24.7. The number of rotatable bonds is 5. The molecule has 50 heavy (non-hydrogen) atoms. The van der Waals surface area contributed by atoms with Crippen molar-refractivity contribution in [2.24, 2.45) is 0 Å². The van der Waals surface area contributed by atoms with Crippen molar-refractivity contribution in [2.75, 3.05) is 0 Å². The highest BCUT2D eigenvalue weighted by Gasteiger charge is 2.19. The van der Waals surface area contributed by atoms with Gasteiger partial charge in [0, 0.05) is 53.2 Å². The molecule has 0 saturated carbocycles. The predicted octanol–water partition coefficient (Wildman–Crippen LogP) is 12.5. The minimum Gasteiger partial charge on any atom is -0.455 e. The number of furan rings is 1. The fraction of sp³-hybridized carbons (Fsp3) is 0. The number of benzene rings is 7. The van der Waals surface area contributed by atoms with Gasteiger partial charge in [0.15, 0.2) is 17.5 Å². The van der Waals surface area contributed by atoms with Crippen LogP contribution in [-0.4, -0.2) is 15.0 Å². The van der Waals surface area contributed by atoms with Gasteiger partial charge in [-0.1, -0.05) is 127 Å². The van der Waals surface area contributed by atoms with Gasteiger partial charge in [-0.2, -0.15) is 0 Å². The van der Waals surface area contributed by atoms with Crippen LogP contribution in [0.4, 0.5) is 0 Å². The maximum absolute atomic E-state index is 6.59. The third-order valence-corrected chi connectivity index (χ3v) is 10.5. The summed E-state index contributed by atoms with van der Waals surface area (Å²) in [6, 6.07) is 56.8. The smallest absolute Gasteiger partial charge is 0.164 e. The molecule has 0 fully saturated rings. The molecule has 0 atom stereocenters. The Labute approximate surface area is 292 Å². The second-order valence-corrected chi connectivity index (χ2v) is 13.5. The van der Waals surface area contributed by atoms with E-state index in [9.17, 15) is 0 Å². The van der Waals surface area contributed by atoms with E-state index in [0.717, 1.165) is 60.9 Å². The van der Waals surface area contributed by atoms with Gasteiger partial charge < -0.3 is 4.42 Å². The summed E-state index contributed by atoms with van der Waals surface area (Å²) >= 11 is 1.82. The summed E-state index contributed by atoms with van der Waals surface area (Å²) in [7, 11) is 0. The van der Waals surface area contributed by atoms with Crippen LogP contribution in [0.5, 0.6) is 0 Å². The number of aromatic nitrogens is 3. The zero-order valence-electron chi connectivity index (χ0n) is 26.7. The van der Waals surface area contributed by atoms with E-state index in [1.54, 1.807) is 0 Å². The average molecular weight is 658 g/mol. The van der Waals surface area contributed by atoms with Crippen molar-refractivity contribution in [3.8, 4) is 56.4 Å². The van der Waals surface area contributed by atoms with Gasteiger partial charge in [0.05, 0.1) is 0 Å². The highest BCUT2D eigenvalue weighted by atomic mass is 32.1. The van der Waals surface area contributed by atoms with Crippen molar-refractivity contribution in [3.05, 3.63) is 164 Å². The Kier molecular flexibility index (Phi) is 6.64. The molecule has 0 amide bonds. The van der Waals surface area contributed by atoms with Crippen LogP contribution >= 0.6 is 11.3 Å². The second kappa shape index (κ2) is 11.6. The molecular formula is C45H27N3OS. The predicted molar refractivity (Wildman–Crippen MR) is 207 cm³/mol. The third-order valence-electron chi connectivity index (χ3n) is 9.32. The Morgan fingerprint density at radius 1 is 0.360 bits per heavy atom. The number of para-hydroxylation sites is 1. The van der Waals surface area contributed by atoms with Gasteiger partial charge in [0.2, 0.25) is 0 Å². The van der Waals surface area contributed by atoms with Crippen LogP contribution in [0, 0.1) is 0 Å². The topological polar surface area (TPSA) is 51.8 Å². The van der Waals surface area contributed by atoms with Crippen LogP contribution in [0.2, 0.25) is 0 Å². The van der Waals surface area contributed by atoms with Crippen LogP contribution in [0.15, 0.2) is 168 Å². The van der Waals surface area contributed by atoms with Crippen LogP contribution in [-0.2, 0) is 0 Å². The molecule has 0 bridgehead atoms. The molecular weight excluding hydrogens is 631 g/mol. The highest BCUT2D eigenvalue weighted by molar-refractivity contribution is 7.25. The molecule has 0 N–H and O–H groups in total. The van der Waals surface area contributed by atoms with Crippen LogP contribution in [0.1, 0.15) is 0 Å². The summed E-state index contributed by atoms with van der Waals surface area (Å²) < 4.78 is 9.11. The highest BCUT2D eigenvalue weighted by Crippen LogP contribution is 2.42. The number of hydrogen-bond donors (Lipinski definition) is 0. The molecule has 5 heteroatoms. The van der Waals surface area contributed by atoms with E-state index in [0.29, 0.717) is 17.5 Å². The zero-order valence-corrected chi connectivity index (χ0v) is 27.6. The van der Waals surface area contributed by atoms with Crippen molar-refractivity contribution in [1.29, 1.82) is 0 Å². The summed E-state index contributed by atoms with van der Waals surface area (Å²) in [5.41, 5.74) is 8.80. The van der Waals surface area contributed by atoms with Crippen molar-refractivity contribution in [2.45, 2.75) is 0 Å². The summed E-state index contributed by atoms with van der Waals surface area (Å²) in [5, 5.41) is 4.63. The lowest BCUT2D eigenvalue weighted by Crippen LogP contribution is -2.00. The number of fused-ring (bicyclic) bond motifs is 6. The summed E-state index contributed by atoms with van der Waals surface area (Å²) in [6.45, 7) is 0.